The van der Waals surface area contributed by atoms with Crippen LogP contribution in [0.15, 0.2) is 158 Å². The molecule has 0 atom stereocenters. The van der Waals surface area contributed by atoms with Crippen LogP contribution in [0.4, 0.5) is 0 Å². The summed E-state index contributed by atoms with van der Waals surface area (Å²) in [7, 11) is 0. The Bertz CT molecular complexity index is 3050. The number of benzene rings is 7. The van der Waals surface area contributed by atoms with E-state index in [9.17, 15) is 0 Å². The predicted molar refractivity (Wildman–Crippen MR) is 246 cm³/mol. The van der Waals surface area contributed by atoms with Gasteiger partial charge in [-0.25, -0.2) is 15.0 Å². The highest BCUT2D eigenvalue weighted by Gasteiger charge is 2.24. The Kier molecular flexibility index (Phi) is 8.43. The van der Waals surface area contributed by atoms with Crippen molar-refractivity contribution in [2.45, 2.75) is 52.4 Å². The topological polar surface area (TPSA) is 43.6 Å². The van der Waals surface area contributed by atoms with Gasteiger partial charge in [0.25, 0.3) is 0 Å². The largest absolute Gasteiger partial charge is 0.308 e. The van der Waals surface area contributed by atoms with Gasteiger partial charge >= 0.3 is 0 Å². The molecule has 10 rings (SSSR count). The maximum absolute atomic E-state index is 5.32. The van der Waals surface area contributed by atoms with Crippen molar-refractivity contribution in [2.75, 3.05) is 0 Å². The zero-order valence-corrected chi connectivity index (χ0v) is 34.5. The molecule has 0 bridgehead atoms. The van der Waals surface area contributed by atoms with Gasteiger partial charge in [-0.3, -0.25) is 0 Å². The molecule has 0 N–H and O–H groups in total. The smallest absolute Gasteiger partial charge is 0.166 e. The molecule has 3 aromatic heterocycles. The highest BCUT2D eigenvalue weighted by Crippen LogP contribution is 2.42. The quantitative estimate of drug-likeness (QED) is 0.175. The maximum atomic E-state index is 5.32. The fourth-order valence-electron chi connectivity index (χ4n) is 8.14. The van der Waals surface area contributed by atoms with Crippen molar-refractivity contribution in [2.24, 2.45) is 0 Å². The Morgan fingerprint density at radius 1 is 0.397 bits per heavy atom. The number of thiophene rings is 1. The van der Waals surface area contributed by atoms with Gasteiger partial charge in [-0.05, 0) is 69.5 Å². The van der Waals surface area contributed by atoms with E-state index in [-0.39, 0.29) is 10.8 Å². The summed E-state index contributed by atoms with van der Waals surface area (Å²) in [5, 5.41) is 5.03. The summed E-state index contributed by atoms with van der Waals surface area (Å²) in [6.45, 7) is 13.7. The van der Waals surface area contributed by atoms with Crippen LogP contribution in [0.25, 0.3) is 93.0 Å². The first kappa shape index (κ1) is 35.9. The normalized spacial score (nSPS) is 12.3. The summed E-state index contributed by atoms with van der Waals surface area (Å²) in [4.78, 5) is 15.7. The number of hydrogen-bond donors (Lipinski definition) is 0. The van der Waals surface area contributed by atoms with Gasteiger partial charge in [0.05, 0.1) is 16.7 Å². The van der Waals surface area contributed by atoms with E-state index >= 15 is 0 Å². The molecular formula is C53H44N4S. The second-order valence-electron chi connectivity index (χ2n) is 17.4. The Hall–Kier alpha value is -6.43. The summed E-state index contributed by atoms with van der Waals surface area (Å²) >= 11 is 1.84. The SMILES string of the molecule is CC(C)(C)c1ccc2c3ccc(C(C)(C)C)cc3n(-c3ccc(-c4ccc5c(c4)sc4ccccc45)cc3-c3nc(-c4ccccc4)nc(-c4ccccc4)n3)c2c1. The molecule has 0 spiro atoms. The number of fused-ring (bicyclic) bond motifs is 6. The lowest BCUT2D eigenvalue weighted by Gasteiger charge is -2.21. The summed E-state index contributed by atoms with van der Waals surface area (Å²) in [6.07, 6.45) is 0. The van der Waals surface area contributed by atoms with Crippen molar-refractivity contribution in [1.29, 1.82) is 0 Å². The Morgan fingerprint density at radius 3 is 1.47 bits per heavy atom. The molecule has 58 heavy (non-hydrogen) atoms. The van der Waals surface area contributed by atoms with Crippen LogP contribution in [0.1, 0.15) is 52.7 Å². The van der Waals surface area contributed by atoms with E-state index in [4.69, 9.17) is 15.0 Å². The molecule has 7 aromatic carbocycles. The molecule has 0 aliphatic heterocycles. The van der Waals surface area contributed by atoms with E-state index in [1.165, 1.54) is 42.1 Å². The van der Waals surface area contributed by atoms with E-state index in [2.05, 4.69) is 167 Å². The summed E-state index contributed by atoms with van der Waals surface area (Å²) in [5.74, 6) is 1.90. The molecule has 0 saturated heterocycles. The number of aromatic nitrogens is 4. The lowest BCUT2D eigenvalue weighted by atomic mass is 9.86. The van der Waals surface area contributed by atoms with Crippen LogP contribution in [0.5, 0.6) is 0 Å². The third kappa shape index (κ3) is 6.27. The van der Waals surface area contributed by atoms with Crippen LogP contribution in [-0.4, -0.2) is 19.5 Å². The van der Waals surface area contributed by atoms with Crippen molar-refractivity contribution >= 4 is 53.3 Å². The zero-order chi connectivity index (χ0) is 39.8. The lowest BCUT2D eigenvalue weighted by molar-refractivity contribution is 0.591. The molecule has 5 heteroatoms. The van der Waals surface area contributed by atoms with E-state index < -0.39 is 0 Å². The van der Waals surface area contributed by atoms with Crippen molar-refractivity contribution < 1.29 is 0 Å². The molecule has 0 saturated carbocycles. The fraction of sp³-hybridized carbons (Fsp3) is 0.151. The van der Waals surface area contributed by atoms with Gasteiger partial charge < -0.3 is 4.57 Å². The number of hydrogen-bond acceptors (Lipinski definition) is 4. The first-order valence-corrected chi connectivity index (χ1v) is 20.8. The second kappa shape index (κ2) is 13.6. The van der Waals surface area contributed by atoms with Crippen LogP contribution in [0, 0.1) is 0 Å². The highest BCUT2D eigenvalue weighted by atomic mass is 32.1. The Labute approximate surface area is 343 Å². The predicted octanol–water partition coefficient (Wildman–Crippen LogP) is 14.6. The van der Waals surface area contributed by atoms with Gasteiger partial charge in [0.15, 0.2) is 17.5 Å². The van der Waals surface area contributed by atoms with Crippen LogP contribution in [-0.2, 0) is 10.8 Å². The first-order valence-electron chi connectivity index (χ1n) is 20.0. The molecule has 0 fully saturated rings. The third-order valence-electron chi connectivity index (χ3n) is 11.4. The standard InChI is InChI=1S/C53H44N4S/c1-52(2,3)37-23-26-39-40-27-24-38(53(4,5)6)32-46(40)57(45(39)31-37)44-28-22-35(36-21-25-42-41-19-13-14-20-47(41)58-48(42)30-36)29-43(44)51-55-49(33-15-9-7-10-16-33)54-50(56-51)34-17-11-8-12-18-34/h7-32H,1-6H3. The fourth-order valence-corrected chi connectivity index (χ4v) is 9.28. The van der Waals surface area contributed by atoms with Crippen LogP contribution >= 0.6 is 11.3 Å². The molecule has 0 amide bonds. The Morgan fingerprint density at radius 2 is 0.879 bits per heavy atom. The summed E-state index contributed by atoms with van der Waals surface area (Å²) in [6, 6.07) is 56.8. The minimum atomic E-state index is -0.0344. The van der Waals surface area contributed by atoms with E-state index in [0.29, 0.717) is 17.5 Å². The average molecular weight is 769 g/mol. The van der Waals surface area contributed by atoms with E-state index in [1.807, 2.05) is 47.7 Å². The molecule has 4 nitrogen and oxygen atoms in total. The Balaban J connectivity index is 1.30. The monoisotopic (exact) mass is 768 g/mol. The van der Waals surface area contributed by atoms with Crippen molar-refractivity contribution in [3.8, 4) is 51.0 Å². The van der Waals surface area contributed by atoms with E-state index in [1.54, 1.807) is 0 Å². The highest BCUT2D eigenvalue weighted by molar-refractivity contribution is 7.25. The van der Waals surface area contributed by atoms with Gasteiger partial charge in [0.2, 0.25) is 0 Å². The molecule has 0 radical (unpaired) electrons. The lowest BCUT2D eigenvalue weighted by Crippen LogP contribution is -2.11. The molecule has 0 aliphatic rings. The average Bonchev–Trinajstić information content (AvgIpc) is 3.78. The summed E-state index contributed by atoms with van der Waals surface area (Å²) < 4.78 is 5.03. The molecule has 0 aliphatic carbocycles. The van der Waals surface area contributed by atoms with Gasteiger partial charge in [0, 0.05) is 47.6 Å². The molecule has 10 aromatic rings. The third-order valence-corrected chi connectivity index (χ3v) is 12.5. The van der Waals surface area contributed by atoms with Crippen LogP contribution in [0.2, 0.25) is 0 Å². The number of rotatable bonds is 5. The summed E-state index contributed by atoms with van der Waals surface area (Å²) in [5.41, 5.74) is 10.9. The molecule has 3 heterocycles. The second-order valence-corrected chi connectivity index (χ2v) is 18.5. The first-order chi connectivity index (χ1) is 28.0. The molecule has 0 unspecified atom stereocenters. The minimum Gasteiger partial charge on any atom is -0.308 e. The van der Waals surface area contributed by atoms with Crippen molar-refractivity contribution in [3.63, 3.8) is 0 Å². The minimum absolute atomic E-state index is 0.0344. The van der Waals surface area contributed by atoms with Gasteiger partial charge in [-0.1, -0.05) is 163 Å². The van der Waals surface area contributed by atoms with Crippen LogP contribution in [0.3, 0.4) is 0 Å². The molecule has 282 valence electrons. The van der Waals surface area contributed by atoms with E-state index in [0.717, 1.165) is 44.5 Å². The van der Waals surface area contributed by atoms with Crippen molar-refractivity contribution in [1.82, 2.24) is 19.5 Å². The van der Waals surface area contributed by atoms with Gasteiger partial charge in [-0.15, -0.1) is 11.3 Å². The van der Waals surface area contributed by atoms with Gasteiger partial charge in [-0.2, -0.15) is 0 Å². The maximum Gasteiger partial charge on any atom is 0.166 e. The van der Waals surface area contributed by atoms with Crippen molar-refractivity contribution in [3.05, 3.63) is 169 Å². The molecular weight excluding hydrogens is 725 g/mol. The van der Waals surface area contributed by atoms with Crippen LogP contribution < -0.4 is 0 Å². The number of nitrogens with zero attached hydrogens (tertiary/aromatic N) is 4. The zero-order valence-electron chi connectivity index (χ0n) is 33.7. The van der Waals surface area contributed by atoms with Gasteiger partial charge in [0.1, 0.15) is 0 Å².